The van der Waals surface area contributed by atoms with Crippen LogP contribution in [-0.4, -0.2) is 8.42 Å². The first kappa shape index (κ1) is 13.7. The lowest BCUT2D eigenvalue weighted by Crippen LogP contribution is -1.96. The third-order valence-electron chi connectivity index (χ3n) is 2.11. The van der Waals surface area contributed by atoms with Gasteiger partial charge in [0.25, 0.3) is 0 Å². The van der Waals surface area contributed by atoms with E-state index in [0.717, 1.165) is 10.8 Å². The average molecular weight is 319 g/mol. The molecule has 2 nitrogen and oxygen atoms in total. The maximum absolute atomic E-state index is 12.2. The summed E-state index contributed by atoms with van der Waals surface area (Å²) in [7, 11) is -2.82. The molecule has 0 heterocycles. The first-order chi connectivity index (χ1) is 8.49. The van der Waals surface area contributed by atoms with Crippen LogP contribution in [0.2, 0.25) is 10.0 Å². The molecule has 0 aromatic heterocycles. The van der Waals surface area contributed by atoms with Crippen LogP contribution in [0.25, 0.3) is 0 Å². The van der Waals surface area contributed by atoms with Crippen molar-refractivity contribution in [3.05, 3.63) is 58.6 Å². The lowest BCUT2D eigenvalue weighted by atomic mass is 10.4. The Kier molecular flexibility index (Phi) is 4.22. The van der Waals surface area contributed by atoms with Crippen molar-refractivity contribution in [3.63, 3.8) is 0 Å². The fourth-order valence-electron chi connectivity index (χ4n) is 1.32. The molecular weight excluding hydrogens is 311 g/mol. The molecule has 0 spiro atoms. The molecule has 2 aromatic carbocycles. The Bertz CT molecular complexity index is 655. The van der Waals surface area contributed by atoms with E-state index in [1.807, 2.05) is 6.07 Å². The van der Waals surface area contributed by atoms with Crippen molar-refractivity contribution >= 4 is 42.9 Å². The first-order valence-corrected chi connectivity index (χ1v) is 8.51. The van der Waals surface area contributed by atoms with Crippen molar-refractivity contribution in [2.24, 2.45) is 0 Å². The Morgan fingerprint density at radius 1 is 0.944 bits per heavy atom. The Balaban J connectivity index is 2.40. The molecule has 0 amide bonds. The minimum Gasteiger partial charge on any atom is -0.212 e. The molecule has 0 atom stereocenters. The quantitative estimate of drug-likeness (QED) is 0.783. The molecular formula is C12H8Cl2O2S2. The molecule has 0 bridgehead atoms. The number of rotatable bonds is 3. The molecule has 0 aliphatic carbocycles. The third-order valence-corrected chi connectivity index (χ3v) is 6.12. The van der Waals surface area contributed by atoms with Gasteiger partial charge >= 0.3 is 0 Å². The Labute approximate surface area is 119 Å². The van der Waals surface area contributed by atoms with Gasteiger partial charge in [-0.1, -0.05) is 41.4 Å². The molecule has 0 saturated heterocycles. The second kappa shape index (κ2) is 5.53. The van der Waals surface area contributed by atoms with E-state index in [4.69, 9.17) is 23.2 Å². The molecule has 18 heavy (non-hydrogen) atoms. The van der Waals surface area contributed by atoms with Gasteiger partial charge in [-0.15, -0.1) is 0 Å². The molecule has 0 aliphatic heterocycles. The van der Waals surface area contributed by atoms with Gasteiger partial charge in [-0.05, 0) is 30.3 Å². The Morgan fingerprint density at radius 2 is 1.61 bits per heavy atom. The second-order valence-electron chi connectivity index (χ2n) is 3.43. The predicted molar refractivity (Wildman–Crippen MR) is 75.9 cm³/mol. The van der Waals surface area contributed by atoms with E-state index < -0.39 is 8.87 Å². The SMILES string of the molecule is O=S(=O)(Sc1ccccc1)c1cc(Cl)ccc1Cl. The van der Waals surface area contributed by atoms with E-state index >= 15 is 0 Å². The minimum atomic E-state index is -3.57. The van der Waals surface area contributed by atoms with Gasteiger partial charge in [-0.2, -0.15) is 0 Å². The van der Waals surface area contributed by atoms with Gasteiger partial charge in [0.1, 0.15) is 0 Å². The summed E-state index contributed by atoms with van der Waals surface area (Å²) in [6.07, 6.45) is 0. The summed E-state index contributed by atoms with van der Waals surface area (Å²) in [5.41, 5.74) is 0. The van der Waals surface area contributed by atoms with Crippen LogP contribution in [0.1, 0.15) is 0 Å². The van der Waals surface area contributed by atoms with Gasteiger partial charge in [0.2, 0.25) is 8.87 Å². The standard InChI is InChI=1S/C12H8Cl2O2S2/c13-9-6-7-11(14)12(8-9)18(15,16)17-10-4-2-1-3-5-10/h1-8H. The van der Waals surface area contributed by atoms with Crippen LogP contribution < -0.4 is 0 Å². The molecule has 0 aliphatic rings. The zero-order valence-electron chi connectivity index (χ0n) is 9.01. The summed E-state index contributed by atoms with van der Waals surface area (Å²) in [4.78, 5) is 0.666. The van der Waals surface area contributed by atoms with E-state index in [9.17, 15) is 8.42 Å². The Hall–Kier alpha value is -0.680. The number of hydrogen-bond donors (Lipinski definition) is 0. The van der Waals surface area contributed by atoms with Crippen LogP contribution in [0, 0.1) is 0 Å². The van der Waals surface area contributed by atoms with Crippen LogP contribution in [0.5, 0.6) is 0 Å². The minimum absolute atomic E-state index is 0.0329. The van der Waals surface area contributed by atoms with Crippen molar-refractivity contribution in [1.29, 1.82) is 0 Å². The van der Waals surface area contributed by atoms with Crippen LogP contribution >= 0.6 is 34.0 Å². The van der Waals surface area contributed by atoms with E-state index in [0.29, 0.717) is 9.92 Å². The zero-order chi connectivity index (χ0) is 13.2. The number of benzene rings is 2. The van der Waals surface area contributed by atoms with Gasteiger partial charge in [-0.25, -0.2) is 8.42 Å². The van der Waals surface area contributed by atoms with Gasteiger partial charge in [0.15, 0.2) is 0 Å². The van der Waals surface area contributed by atoms with E-state index in [1.54, 1.807) is 30.3 Å². The van der Waals surface area contributed by atoms with Crippen molar-refractivity contribution in [1.82, 2.24) is 0 Å². The molecule has 0 radical (unpaired) electrons. The highest BCUT2D eigenvalue weighted by molar-refractivity contribution is 8.72. The van der Waals surface area contributed by atoms with Gasteiger partial charge in [-0.3, -0.25) is 0 Å². The van der Waals surface area contributed by atoms with E-state index in [2.05, 4.69) is 0 Å². The van der Waals surface area contributed by atoms with Crippen molar-refractivity contribution in [2.45, 2.75) is 9.79 Å². The average Bonchev–Trinajstić information content (AvgIpc) is 2.33. The summed E-state index contributed by atoms with van der Waals surface area (Å²) in [5.74, 6) is 0. The first-order valence-electron chi connectivity index (χ1n) is 4.93. The highest BCUT2D eigenvalue weighted by atomic mass is 35.5. The fourth-order valence-corrected chi connectivity index (χ4v) is 5.08. The van der Waals surface area contributed by atoms with Crippen LogP contribution in [0.4, 0.5) is 0 Å². The van der Waals surface area contributed by atoms with Crippen LogP contribution in [0.3, 0.4) is 0 Å². The van der Waals surface area contributed by atoms with Gasteiger partial charge in [0, 0.05) is 20.7 Å². The summed E-state index contributed by atoms with van der Waals surface area (Å²) in [6.45, 7) is 0. The summed E-state index contributed by atoms with van der Waals surface area (Å²) >= 11 is 11.7. The summed E-state index contributed by atoms with van der Waals surface area (Å²) in [5, 5.41) is 0.509. The molecule has 2 aromatic rings. The van der Waals surface area contributed by atoms with Crippen LogP contribution in [0.15, 0.2) is 58.3 Å². The fraction of sp³-hybridized carbons (Fsp3) is 0. The largest absolute Gasteiger partial charge is 0.236 e. The Morgan fingerprint density at radius 3 is 2.28 bits per heavy atom. The van der Waals surface area contributed by atoms with Crippen molar-refractivity contribution < 1.29 is 8.42 Å². The molecule has 94 valence electrons. The normalized spacial score (nSPS) is 11.4. The maximum Gasteiger partial charge on any atom is 0.236 e. The zero-order valence-corrected chi connectivity index (χ0v) is 12.2. The second-order valence-corrected chi connectivity index (χ2v) is 8.07. The van der Waals surface area contributed by atoms with Gasteiger partial charge in [0.05, 0.1) is 9.92 Å². The number of hydrogen-bond acceptors (Lipinski definition) is 3. The lowest BCUT2D eigenvalue weighted by Gasteiger charge is -2.06. The van der Waals surface area contributed by atoms with E-state index in [-0.39, 0.29) is 9.92 Å². The summed E-state index contributed by atoms with van der Waals surface area (Å²) < 4.78 is 24.4. The van der Waals surface area contributed by atoms with Gasteiger partial charge < -0.3 is 0 Å². The van der Waals surface area contributed by atoms with E-state index in [1.165, 1.54) is 12.1 Å². The highest BCUT2D eigenvalue weighted by Gasteiger charge is 2.20. The summed E-state index contributed by atoms with van der Waals surface area (Å²) in [6, 6.07) is 13.2. The molecule has 0 unspecified atom stereocenters. The van der Waals surface area contributed by atoms with Crippen molar-refractivity contribution in [3.8, 4) is 0 Å². The molecule has 6 heteroatoms. The molecule has 0 N–H and O–H groups in total. The topological polar surface area (TPSA) is 34.1 Å². The molecule has 2 rings (SSSR count). The molecule has 0 fully saturated rings. The van der Waals surface area contributed by atoms with Crippen molar-refractivity contribution in [2.75, 3.05) is 0 Å². The highest BCUT2D eigenvalue weighted by Crippen LogP contribution is 2.35. The van der Waals surface area contributed by atoms with Crippen LogP contribution in [-0.2, 0) is 8.87 Å². The lowest BCUT2D eigenvalue weighted by molar-refractivity contribution is 0.610. The monoisotopic (exact) mass is 318 g/mol. The predicted octanol–water partition coefficient (Wildman–Crippen LogP) is 4.47. The number of halogens is 2. The molecule has 0 saturated carbocycles. The maximum atomic E-state index is 12.2. The third kappa shape index (κ3) is 3.20. The smallest absolute Gasteiger partial charge is 0.212 e.